The van der Waals surface area contributed by atoms with E-state index in [-0.39, 0.29) is 11.8 Å². The number of aliphatic carboxylic acids is 1. The van der Waals surface area contributed by atoms with E-state index in [0.717, 1.165) is 18.4 Å². The van der Waals surface area contributed by atoms with Gasteiger partial charge in [0, 0.05) is 13.1 Å². The van der Waals surface area contributed by atoms with Gasteiger partial charge >= 0.3 is 5.97 Å². The van der Waals surface area contributed by atoms with E-state index in [9.17, 15) is 14.7 Å². The maximum absolute atomic E-state index is 12.2. The summed E-state index contributed by atoms with van der Waals surface area (Å²) in [5, 5.41) is 13.1. The number of carboxylic acid groups (broad SMARTS) is 1. The van der Waals surface area contributed by atoms with Crippen molar-refractivity contribution in [1.29, 1.82) is 0 Å². The van der Waals surface area contributed by atoms with Crippen molar-refractivity contribution < 1.29 is 14.7 Å². The van der Waals surface area contributed by atoms with Crippen LogP contribution in [-0.2, 0) is 16.0 Å². The van der Waals surface area contributed by atoms with Gasteiger partial charge in [-0.25, -0.2) is 0 Å². The number of rotatable bonds is 5. The zero-order valence-corrected chi connectivity index (χ0v) is 11.9. The minimum atomic E-state index is -0.774. The van der Waals surface area contributed by atoms with E-state index >= 15 is 0 Å². The molecule has 1 aliphatic rings. The fourth-order valence-corrected chi connectivity index (χ4v) is 3.37. The molecule has 0 unspecified atom stereocenters. The Kier molecular flexibility index (Phi) is 4.58. The van der Waals surface area contributed by atoms with Gasteiger partial charge in [0.1, 0.15) is 0 Å². The van der Waals surface area contributed by atoms with Crippen molar-refractivity contribution in [1.82, 2.24) is 4.90 Å². The second-order valence-corrected chi connectivity index (χ2v) is 5.88. The van der Waals surface area contributed by atoms with Crippen LogP contribution in [0.5, 0.6) is 0 Å². The largest absolute Gasteiger partial charge is 0.481 e. The highest BCUT2D eigenvalue weighted by Crippen LogP contribution is 2.28. The molecule has 5 heteroatoms. The third-order valence-corrected chi connectivity index (χ3v) is 4.44. The number of carbonyl (C=O) groups is 2. The maximum atomic E-state index is 12.2. The highest BCUT2D eigenvalue weighted by atomic mass is 32.1. The maximum Gasteiger partial charge on any atom is 0.308 e. The fourth-order valence-electron chi connectivity index (χ4n) is 2.70. The van der Waals surface area contributed by atoms with Gasteiger partial charge in [-0.1, -0.05) is 13.3 Å². The van der Waals surface area contributed by atoms with Gasteiger partial charge in [-0.2, -0.15) is 11.3 Å². The third kappa shape index (κ3) is 3.35. The Bertz CT molecular complexity index is 444. The van der Waals surface area contributed by atoms with Crippen LogP contribution in [0.3, 0.4) is 0 Å². The van der Waals surface area contributed by atoms with Crippen LogP contribution in [0, 0.1) is 11.8 Å². The van der Waals surface area contributed by atoms with Crippen molar-refractivity contribution >= 4 is 23.2 Å². The molecule has 0 radical (unpaired) electrons. The predicted molar refractivity (Wildman–Crippen MR) is 74.1 cm³/mol. The normalized spacial score (nSPS) is 22.7. The quantitative estimate of drug-likeness (QED) is 0.900. The van der Waals surface area contributed by atoms with E-state index in [0.29, 0.717) is 19.5 Å². The lowest BCUT2D eigenvalue weighted by Gasteiger charge is -2.15. The number of carboxylic acids is 1. The predicted octanol–water partition coefficient (Wildman–Crippen LogP) is 2.25. The van der Waals surface area contributed by atoms with E-state index < -0.39 is 11.9 Å². The Morgan fingerprint density at radius 2 is 2.26 bits per heavy atom. The smallest absolute Gasteiger partial charge is 0.308 e. The summed E-state index contributed by atoms with van der Waals surface area (Å²) >= 11 is 1.57. The first kappa shape index (κ1) is 14.1. The standard InChI is InChI=1S/C14H19NO3S/c1-2-3-11-7-15(8-12(11)14(17)18)13(16)6-10-4-5-19-9-10/h4-5,9,11-12H,2-3,6-8H2,1H3,(H,17,18)/t11-,12-/m1/s1. The van der Waals surface area contributed by atoms with Crippen molar-refractivity contribution in [3.05, 3.63) is 22.4 Å². The Morgan fingerprint density at radius 1 is 1.47 bits per heavy atom. The molecular weight excluding hydrogens is 262 g/mol. The minimum absolute atomic E-state index is 0.0447. The summed E-state index contributed by atoms with van der Waals surface area (Å²) in [5.41, 5.74) is 1.01. The molecule has 4 nitrogen and oxygen atoms in total. The van der Waals surface area contributed by atoms with Crippen LogP contribution in [0.2, 0.25) is 0 Å². The number of amides is 1. The molecule has 0 saturated carbocycles. The monoisotopic (exact) mass is 281 g/mol. The Hall–Kier alpha value is -1.36. The van der Waals surface area contributed by atoms with E-state index in [1.165, 1.54) is 0 Å². The Balaban J connectivity index is 1.98. The lowest BCUT2D eigenvalue weighted by Crippen LogP contribution is -2.31. The highest BCUT2D eigenvalue weighted by Gasteiger charge is 2.38. The molecule has 19 heavy (non-hydrogen) atoms. The zero-order chi connectivity index (χ0) is 13.8. The van der Waals surface area contributed by atoms with E-state index in [2.05, 4.69) is 6.92 Å². The van der Waals surface area contributed by atoms with Crippen molar-refractivity contribution in [3.63, 3.8) is 0 Å². The molecule has 2 rings (SSSR count). The summed E-state index contributed by atoms with van der Waals surface area (Å²) in [6.45, 7) is 3.01. The van der Waals surface area contributed by atoms with Gasteiger partial charge in [-0.05, 0) is 34.7 Å². The zero-order valence-electron chi connectivity index (χ0n) is 11.0. The Morgan fingerprint density at radius 3 is 2.84 bits per heavy atom. The molecule has 104 valence electrons. The molecule has 1 aromatic rings. The van der Waals surface area contributed by atoms with Crippen molar-refractivity contribution in [2.24, 2.45) is 11.8 Å². The van der Waals surface area contributed by atoms with Crippen LogP contribution in [0.4, 0.5) is 0 Å². The van der Waals surface area contributed by atoms with Gasteiger partial charge in [0.05, 0.1) is 12.3 Å². The lowest BCUT2D eigenvalue weighted by atomic mass is 9.92. The summed E-state index contributed by atoms with van der Waals surface area (Å²) in [6, 6.07) is 1.94. The number of hydrogen-bond acceptors (Lipinski definition) is 3. The van der Waals surface area contributed by atoms with Crippen LogP contribution < -0.4 is 0 Å². The number of hydrogen-bond donors (Lipinski definition) is 1. The van der Waals surface area contributed by atoms with Crippen molar-refractivity contribution in [2.75, 3.05) is 13.1 Å². The van der Waals surface area contributed by atoms with Gasteiger partial charge in [-0.15, -0.1) is 0 Å². The topological polar surface area (TPSA) is 57.6 Å². The fraction of sp³-hybridized carbons (Fsp3) is 0.571. The summed E-state index contributed by atoms with van der Waals surface area (Å²) < 4.78 is 0. The van der Waals surface area contributed by atoms with Gasteiger partial charge in [0.15, 0.2) is 0 Å². The molecule has 2 heterocycles. The molecule has 1 aliphatic heterocycles. The molecule has 1 fully saturated rings. The molecule has 0 bridgehead atoms. The summed E-state index contributed by atoms with van der Waals surface area (Å²) in [7, 11) is 0. The summed E-state index contributed by atoms with van der Waals surface area (Å²) in [5.74, 6) is -1.02. The molecule has 1 saturated heterocycles. The van der Waals surface area contributed by atoms with Crippen LogP contribution in [0.25, 0.3) is 0 Å². The van der Waals surface area contributed by atoms with E-state index in [4.69, 9.17) is 0 Å². The van der Waals surface area contributed by atoms with Crippen molar-refractivity contribution in [3.8, 4) is 0 Å². The molecule has 1 N–H and O–H groups in total. The molecule has 1 aromatic heterocycles. The van der Waals surface area contributed by atoms with Crippen LogP contribution >= 0.6 is 11.3 Å². The number of nitrogens with zero attached hydrogens (tertiary/aromatic N) is 1. The first-order valence-corrected chi connectivity index (χ1v) is 7.57. The minimum Gasteiger partial charge on any atom is -0.481 e. The average molecular weight is 281 g/mol. The number of likely N-dealkylation sites (tertiary alicyclic amines) is 1. The summed E-state index contributed by atoms with van der Waals surface area (Å²) in [4.78, 5) is 25.1. The molecule has 0 aliphatic carbocycles. The first-order valence-electron chi connectivity index (χ1n) is 6.63. The first-order chi connectivity index (χ1) is 9.11. The highest BCUT2D eigenvalue weighted by molar-refractivity contribution is 7.07. The number of carbonyl (C=O) groups excluding carboxylic acids is 1. The van der Waals surface area contributed by atoms with Crippen LogP contribution in [0.15, 0.2) is 16.8 Å². The second kappa shape index (κ2) is 6.19. The van der Waals surface area contributed by atoms with E-state index in [1.807, 2.05) is 16.8 Å². The SMILES string of the molecule is CCC[C@@H]1CN(C(=O)Cc2ccsc2)C[C@H]1C(=O)O. The Labute approximate surface area is 117 Å². The van der Waals surface area contributed by atoms with Crippen LogP contribution in [-0.4, -0.2) is 35.0 Å². The molecule has 1 amide bonds. The molecule has 0 aromatic carbocycles. The third-order valence-electron chi connectivity index (χ3n) is 3.71. The molecule has 2 atom stereocenters. The van der Waals surface area contributed by atoms with Gasteiger partial charge < -0.3 is 10.0 Å². The van der Waals surface area contributed by atoms with Gasteiger partial charge in [-0.3, -0.25) is 9.59 Å². The molecule has 0 spiro atoms. The second-order valence-electron chi connectivity index (χ2n) is 5.10. The summed E-state index contributed by atoms with van der Waals surface area (Å²) in [6.07, 6.45) is 2.22. The van der Waals surface area contributed by atoms with Gasteiger partial charge in [0.25, 0.3) is 0 Å². The van der Waals surface area contributed by atoms with Crippen LogP contribution in [0.1, 0.15) is 25.3 Å². The number of thiophene rings is 1. The average Bonchev–Trinajstić information content (AvgIpc) is 2.98. The lowest BCUT2D eigenvalue weighted by molar-refractivity contribution is -0.142. The van der Waals surface area contributed by atoms with Gasteiger partial charge in [0.2, 0.25) is 5.91 Å². The van der Waals surface area contributed by atoms with E-state index in [1.54, 1.807) is 16.2 Å². The van der Waals surface area contributed by atoms with Crippen molar-refractivity contribution in [2.45, 2.75) is 26.2 Å². The molecular formula is C14H19NO3S.